The van der Waals surface area contributed by atoms with Gasteiger partial charge in [-0.05, 0) is 24.5 Å². The molecule has 0 radical (unpaired) electrons. The van der Waals surface area contributed by atoms with E-state index in [1.54, 1.807) is 18.9 Å². The lowest BCUT2D eigenvalue weighted by Crippen LogP contribution is -2.21. The number of rotatable bonds is 3. The van der Waals surface area contributed by atoms with E-state index in [-0.39, 0.29) is 11.2 Å². The molecular formula is C13H12N4O3S. The van der Waals surface area contributed by atoms with Crippen LogP contribution in [0.3, 0.4) is 0 Å². The molecule has 3 aromatic rings. The molecule has 0 aliphatic heterocycles. The molecule has 21 heavy (non-hydrogen) atoms. The van der Waals surface area contributed by atoms with Crippen LogP contribution in [-0.2, 0) is 0 Å². The molecule has 0 saturated heterocycles. The van der Waals surface area contributed by atoms with Crippen LogP contribution < -0.4 is 16.0 Å². The Labute approximate surface area is 122 Å². The second kappa shape index (κ2) is 5.13. The predicted octanol–water partition coefficient (Wildman–Crippen LogP) is 1.34. The third-order valence-electron chi connectivity index (χ3n) is 3.05. The van der Waals surface area contributed by atoms with Gasteiger partial charge in [0.15, 0.2) is 5.65 Å². The molecular weight excluding hydrogens is 292 g/mol. The Morgan fingerprint density at radius 3 is 2.71 bits per heavy atom. The Balaban J connectivity index is 2.27. The third kappa shape index (κ3) is 2.33. The van der Waals surface area contributed by atoms with E-state index in [0.29, 0.717) is 11.6 Å². The first-order chi connectivity index (χ1) is 10.1. The molecule has 108 valence electrons. The normalized spacial score (nSPS) is 11.0. The number of aromatic amines is 3. The lowest BCUT2D eigenvalue weighted by atomic mass is 10.2. The summed E-state index contributed by atoms with van der Waals surface area (Å²) in [4.78, 5) is 35.9. The third-order valence-corrected chi connectivity index (χ3v) is 3.78. The molecule has 0 saturated carbocycles. The Hall–Kier alpha value is -2.48. The Bertz CT molecular complexity index is 925. The Morgan fingerprint density at radius 1 is 1.19 bits per heavy atom. The Kier molecular flexibility index (Phi) is 3.30. The number of imidazole rings is 1. The summed E-state index contributed by atoms with van der Waals surface area (Å²) >= 11 is 1.59. The molecule has 0 aliphatic carbocycles. The molecule has 0 bridgehead atoms. The van der Waals surface area contributed by atoms with Gasteiger partial charge < -0.3 is 9.72 Å². The Morgan fingerprint density at radius 2 is 2.00 bits per heavy atom. The molecule has 0 amide bonds. The molecule has 0 spiro atoms. The van der Waals surface area contributed by atoms with E-state index < -0.39 is 11.2 Å². The van der Waals surface area contributed by atoms with Gasteiger partial charge in [0.2, 0.25) is 0 Å². The van der Waals surface area contributed by atoms with Gasteiger partial charge in [-0.15, -0.1) is 11.8 Å². The zero-order chi connectivity index (χ0) is 15.0. The average Bonchev–Trinajstić information content (AvgIpc) is 2.90. The number of methoxy groups -OCH3 is 1. The predicted molar refractivity (Wildman–Crippen MR) is 81.1 cm³/mol. The van der Waals surface area contributed by atoms with E-state index in [2.05, 4.69) is 19.9 Å². The van der Waals surface area contributed by atoms with Gasteiger partial charge in [0.05, 0.1) is 12.7 Å². The van der Waals surface area contributed by atoms with Crippen LogP contribution >= 0.6 is 11.8 Å². The van der Waals surface area contributed by atoms with E-state index in [0.717, 1.165) is 10.5 Å². The fraction of sp³-hybridized carbons (Fsp3) is 0.154. The SMILES string of the molecule is COc1ccc(SC)cc1-c1nc2[nH]c(=O)[nH]c(=O)c2[nH]1. The molecule has 0 atom stereocenters. The van der Waals surface area contributed by atoms with Crippen molar-refractivity contribution in [3.8, 4) is 17.1 Å². The highest BCUT2D eigenvalue weighted by Crippen LogP contribution is 2.32. The van der Waals surface area contributed by atoms with Crippen molar-refractivity contribution >= 4 is 22.9 Å². The van der Waals surface area contributed by atoms with E-state index in [1.807, 2.05) is 24.5 Å². The minimum atomic E-state index is -0.588. The van der Waals surface area contributed by atoms with Gasteiger partial charge in [-0.1, -0.05) is 0 Å². The fourth-order valence-corrected chi connectivity index (χ4v) is 2.50. The van der Waals surface area contributed by atoms with Crippen molar-refractivity contribution < 1.29 is 4.74 Å². The molecule has 3 rings (SSSR count). The van der Waals surface area contributed by atoms with Crippen LogP contribution in [0.5, 0.6) is 5.75 Å². The molecule has 2 heterocycles. The number of ether oxygens (including phenoxy) is 1. The van der Waals surface area contributed by atoms with Crippen molar-refractivity contribution in [3.63, 3.8) is 0 Å². The number of aromatic nitrogens is 4. The van der Waals surface area contributed by atoms with Gasteiger partial charge in [0.1, 0.15) is 17.1 Å². The minimum Gasteiger partial charge on any atom is -0.496 e. The van der Waals surface area contributed by atoms with Crippen LogP contribution in [-0.4, -0.2) is 33.3 Å². The van der Waals surface area contributed by atoms with Crippen LogP contribution in [0.1, 0.15) is 0 Å². The average molecular weight is 304 g/mol. The number of nitrogens with zero attached hydrogens (tertiary/aromatic N) is 1. The van der Waals surface area contributed by atoms with Crippen LogP contribution in [0.25, 0.3) is 22.6 Å². The zero-order valence-electron chi connectivity index (χ0n) is 11.3. The van der Waals surface area contributed by atoms with Gasteiger partial charge in [-0.2, -0.15) is 0 Å². The summed E-state index contributed by atoms with van der Waals surface area (Å²) < 4.78 is 5.32. The molecule has 0 unspecified atom stereocenters. The summed E-state index contributed by atoms with van der Waals surface area (Å²) in [5.41, 5.74) is 0.0697. The second-order valence-corrected chi connectivity index (χ2v) is 5.16. The number of nitrogens with one attached hydrogen (secondary N) is 3. The van der Waals surface area contributed by atoms with Gasteiger partial charge in [0.25, 0.3) is 5.56 Å². The van der Waals surface area contributed by atoms with Crippen molar-refractivity contribution in [2.75, 3.05) is 13.4 Å². The molecule has 7 nitrogen and oxygen atoms in total. The van der Waals surface area contributed by atoms with Gasteiger partial charge in [0, 0.05) is 4.90 Å². The van der Waals surface area contributed by atoms with Crippen LogP contribution in [0.4, 0.5) is 0 Å². The monoisotopic (exact) mass is 304 g/mol. The van der Waals surface area contributed by atoms with Gasteiger partial charge >= 0.3 is 5.69 Å². The summed E-state index contributed by atoms with van der Waals surface area (Å²) in [7, 11) is 1.56. The largest absolute Gasteiger partial charge is 0.496 e. The summed E-state index contributed by atoms with van der Waals surface area (Å²) in [6, 6.07) is 5.68. The van der Waals surface area contributed by atoms with Crippen LogP contribution in [0.15, 0.2) is 32.7 Å². The molecule has 8 heteroatoms. The van der Waals surface area contributed by atoms with Gasteiger partial charge in [-0.3, -0.25) is 14.8 Å². The minimum absolute atomic E-state index is 0.218. The van der Waals surface area contributed by atoms with Crippen LogP contribution in [0, 0.1) is 0 Å². The smallest absolute Gasteiger partial charge is 0.327 e. The standard InChI is InChI=1S/C13H12N4O3S/c1-20-8-4-3-6(21-2)5-7(8)10-14-9-11(15-10)16-13(19)17-12(9)18/h3-5H,1-2H3,(H3,14,15,16,17,18,19). The maximum Gasteiger partial charge on any atom is 0.327 e. The number of hydrogen-bond acceptors (Lipinski definition) is 5. The van der Waals surface area contributed by atoms with Crippen LogP contribution in [0.2, 0.25) is 0 Å². The highest BCUT2D eigenvalue weighted by atomic mass is 32.2. The molecule has 2 aromatic heterocycles. The van der Waals surface area contributed by atoms with Crippen molar-refractivity contribution in [3.05, 3.63) is 39.0 Å². The first-order valence-electron chi connectivity index (χ1n) is 6.07. The maximum absolute atomic E-state index is 11.7. The lowest BCUT2D eigenvalue weighted by molar-refractivity contribution is 0.416. The summed E-state index contributed by atoms with van der Waals surface area (Å²) in [5.74, 6) is 1.09. The number of fused-ring (bicyclic) bond motifs is 1. The van der Waals surface area contributed by atoms with Crippen molar-refractivity contribution in [1.29, 1.82) is 0 Å². The van der Waals surface area contributed by atoms with E-state index in [4.69, 9.17) is 4.74 Å². The first-order valence-corrected chi connectivity index (χ1v) is 7.29. The lowest BCUT2D eigenvalue weighted by Gasteiger charge is -2.07. The second-order valence-electron chi connectivity index (χ2n) is 4.28. The summed E-state index contributed by atoms with van der Waals surface area (Å²) in [6.45, 7) is 0. The zero-order valence-corrected chi connectivity index (χ0v) is 12.1. The molecule has 0 aliphatic rings. The van der Waals surface area contributed by atoms with Crippen molar-refractivity contribution in [1.82, 2.24) is 19.9 Å². The highest BCUT2D eigenvalue weighted by molar-refractivity contribution is 7.98. The van der Waals surface area contributed by atoms with Crippen molar-refractivity contribution in [2.45, 2.75) is 4.90 Å². The highest BCUT2D eigenvalue weighted by Gasteiger charge is 2.13. The van der Waals surface area contributed by atoms with E-state index in [1.165, 1.54) is 0 Å². The van der Waals surface area contributed by atoms with Crippen molar-refractivity contribution in [2.24, 2.45) is 0 Å². The maximum atomic E-state index is 11.7. The number of hydrogen-bond donors (Lipinski definition) is 3. The van der Waals surface area contributed by atoms with E-state index >= 15 is 0 Å². The fourth-order valence-electron chi connectivity index (χ4n) is 2.06. The topological polar surface area (TPSA) is 104 Å². The number of H-pyrrole nitrogens is 3. The summed E-state index contributed by atoms with van der Waals surface area (Å²) in [5, 5.41) is 0. The van der Waals surface area contributed by atoms with Gasteiger partial charge in [-0.25, -0.2) is 9.78 Å². The molecule has 0 fully saturated rings. The molecule has 1 aromatic carbocycles. The first kappa shape index (κ1) is 13.5. The summed E-state index contributed by atoms with van der Waals surface area (Å²) in [6.07, 6.45) is 1.96. The number of benzene rings is 1. The van der Waals surface area contributed by atoms with E-state index in [9.17, 15) is 9.59 Å². The molecule has 3 N–H and O–H groups in total. The quantitative estimate of drug-likeness (QED) is 0.633. The number of thioether (sulfide) groups is 1.